The summed E-state index contributed by atoms with van der Waals surface area (Å²) in [7, 11) is 1.68. The molecule has 0 aliphatic carbocycles. The highest BCUT2D eigenvalue weighted by Crippen LogP contribution is 2.27. The summed E-state index contributed by atoms with van der Waals surface area (Å²) in [6.45, 7) is 4.45. The molecule has 0 radical (unpaired) electrons. The first-order valence-electron chi connectivity index (χ1n) is 10.9. The van der Waals surface area contributed by atoms with Crippen LogP contribution in [0, 0.1) is 5.92 Å². The molecule has 1 unspecified atom stereocenters. The Morgan fingerprint density at radius 2 is 1.77 bits per heavy atom. The number of piperidine rings is 1. The van der Waals surface area contributed by atoms with Crippen molar-refractivity contribution in [1.82, 2.24) is 20.2 Å². The third-order valence-electron chi connectivity index (χ3n) is 6.25. The fourth-order valence-corrected chi connectivity index (χ4v) is 4.47. The number of ether oxygens (including phenoxy) is 1. The molecule has 30 heavy (non-hydrogen) atoms. The minimum absolute atomic E-state index is 0.0556. The highest BCUT2D eigenvalue weighted by atomic mass is 16.5. The van der Waals surface area contributed by atoms with Crippen LogP contribution in [0.3, 0.4) is 0 Å². The molecule has 160 valence electrons. The van der Waals surface area contributed by atoms with Gasteiger partial charge in [-0.25, -0.2) is 9.97 Å². The molecule has 0 spiro atoms. The molecule has 3 heterocycles. The van der Waals surface area contributed by atoms with Gasteiger partial charge in [0.1, 0.15) is 5.75 Å². The Morgan fingerprint density at radius 3 is 2.40 bits per heavy atom. The maximum atomic E-state index is 12.9. The monoisotopic (exact) mass is 409 g/mol. The van der Waals surface area contributed by atoms with E-state index in [1.165, 1.54) is 18.4 Å². The van der Waals surface area contributed by atoms with Crippen LogP contribution < -0.4 is 15.0 Å². The summed E-state index contributed by atoms with van der Waals surface area (Å²) < 4.78 is 5.30. The van der Waals surface area contributed by atoms with E-state index in [0.29, 0.717) is 6.54 Å². The van der Waals surface area contributed by atoms with E-state index in [2.05, 4.69) is 37.2 Å². The molecule has 1 atom stereocenters. The summed E-state index contributed by atoms with van der Waals surface area (Å²) in [4.78, 5) is 26.2. The molecule has 2 aliphatic heterocycles. The van der Waals surface area contributed by atoms with Crippen LogP contribution in [-0.2, 0) is 4.79 Å². The summed E-state index contributed by atoms with van der Waals surface area (Å²) >= 11 is 0. The quantitative estimate of drug-likeness (QED) is 0.758. The van der Waals surface area contributed by atoms with Crippen LogP contribution in [0.25, 0.3) is 0 Å². The number of anilines is 1. The van der Waals surface area contributed by atoms with E-state index < -0.39 is 0 Å². The Balaban J connectivity index is 1.33. The molecule has 7 heteroatoms. The number of likely N-dealkylation sites (tertiary alicyclic amines) is 1. The van der Waals surface area contributed by atoms with Gasteiger partial charge < -0.3 is 15.0 Å². The van der Waals surface area contributed by atoms with Crippen molar-refractivity contribution in [2.45, 2.75) is 31.7 Å². The molecule has 1 amide bonds. The lowest BCUT2D eigenvalue weighted by Gasteiger charge is -2.32. The Labute approximate surface area is 178 Å². The number of nitrogens with zero attached hydrogens (tertiary/aromatic N) is 4. The molecule has 0 bridgehead atoms. The Bertz CT molecular complexity index is 800. The molecule has 1 aromatic heterocycles. The second-order valence-corrected chi connectivity index (χ2v) is 8.09. The zero-order valence-corrected chi connectivity index (χ0v) is 17.7. The van der Waals surface area contributed by atoms with E-state index in [4.69, 9.17) is 4.74 Å². The van der Waals surface area contributed by atoms with Crippen molar-refractivity contribution in [2.24, 2.45) is 5.92 Å². The minimum atomic E-state index is 0.0556. The van der Waals surface area contributed by atoms with E-state index >= 15 is 0 Å². The van der Waals surface area contributed by atoms with Gasteiger partial charge in [0.2, 0.25) is 11.9 Å². The van der Waals surface area contributed by atoms with Crippen molar-refractivity contribution in [3.05, 3.63) is 48.3 Å². The average Bonchev–Trinajstić information content (AvgIpc) is 3.35. The molecule has 4 rings (SSSR count). The summed E-state index contributed by atoms with van der Waals surface area (Å²) in [5.41, 5.74) is 1.23. The molecule has 2 aliphatic rings. The van der Waals surface area contributed by atoms with Crippen molar-refractivity contribution >= 4 is 11.9 Å². The van der Waals surface area contributed by atoms with Gasteiger partial charge in [0.15, 0.2) is 0 Å². The topological polar surface area (TPSA) is 70.6 Å². The average molecular weight is 410 g/mol. The van der Waals surface area contributed by atoms with E-state index in [9.17, 15) is 4.79 Å². The van der Waals surface area contributed by atoms with Crippen LogP contribution in [0.5, 0.6) is 5.75 Å². The smallest absolute Gasteiger partial charge is 0.225 e. The number of benzene rings is 1. The lowest BCUT2D eigenvalue weighted by Crippen LogP contribution is -2.43. The second-order valence-electron chi connectivity index (χ2n) is 8.09. The first-order valence-corrected chi connectivity index (χ1v) is 10.9. The number of amides is 1. The van der Waals surface area contributed by atoms with Gasteiger partial charge in [-0.1, -0.05) is 12.1 Å². The normalized spacial score (nSPS) is 18.9. The zero-order chi connectivity index (χ0) is 20.8. The van der Waals surface area contributed by atoms with Crippen LogP contribution in [0.2, 0.25) is 0 Å². The molecule has 7 nitrogen and oxygen atoms in total. The number of aromatic nitrogens is 2. The third-order valence-corrected chi connectivity index (χ3v) is 6.25. The third kappa shape index (κ3) is 4.90. The summed E-state index contributed by atoms with van der Waals surface area (Å²) in [6.07, 6.45) is 7.64. The molecule has 0 saturated carbocycles. The number of rotatable bonds is 7. The van der Waals surface area contributed by atoms with Crippen molar-refractivity contribution in [3.8, 4) is 5.75 Å². The van der Waals surface area contributed by atoms with Gasteiger partial charge >= 0.3 is 0 Å². The number of hydrogen-bond acceptors (Lipinski definition) is 6. The van der Waals surface area contributed by atoms with Gasteiger partial charge in [0.25, 0.3) is 0 Å². The SMILES string of the molecule is COc1ccc(C(CNC(=O)C2CCN(c3ncccn3)CC2)N2CCCC2)cc1. The largest absolute Gasteiger partial charge is 0.497 e. The standard InChI is InChI=1S/C23H31N5O2/c1-30-20-7-5-18(6-8-20)21(27-13-2-3-14-27)17-26-22(29)19-9-15-28(16-10-19)23-24-11-4-12-25-23/h4-8,11-12,19,21H,2-3,9-10,13-17H2,1H3,(H,26,29). The van der Waals surface area contributed by atoms with Gasteiger partial charge in [-0.3, -0.25) is 9.69 Å². The lowest BCUT2D eigenvalue weighted by molar-refractivity contribution is -0.125. The molecule has 2 fully saturated rings. The second kappa shape index (κ2) is 9.89. The lowest BCUT2D eigenvalue weighted by atomic mass is 9.95. The van der Waals surface area contributed by atoms with Gasteiger partial charge in [-0.2, -0.15) is 0 Å². The number of hydrogen-bond donors (Lipinski definition) is 1. The minimum Gasteiger partial charge on any atom is -0.497 e. The van der Waals surface area contributed by atoms with Gasteiger partial charge in [0, 0.05) is 37.9 Å². The van der Waals surface area contributed by atoms with Gasteiger partial charge in [0.05, 0.1) is 13.2 Å². The molecule has 1 aromatic carbocycles. The number of carbonyl (C=O) groups is 1. The predicted octanol–water partition coefficient (Wildman–Crippen LogP) is 2.65. The Hall–Kier alpha value is -2.67. The summed E-state index contributed by atoms with van der Waals surface area (Å²) in [5, 5.41) is 3.25. The zero-order valence-electron chi connectivity index (χ0n) is 17.7. The highest BCUT2D eigenvalue weighted by molar-refractivity contribution is 5.79. The van der Waals surface area contributed by atoms with Gasteiger partial charge in [-0.15, -0.1) is 0 Å². The van der Waals surface area contributed by atoms with Crippen molar-refractivity contribution in [3.63, 3.8) is 0 Å². The maximum Gasteiger partial charge on any atom is 0.225 e. The highest BCUT2D eigenvalue weighted by Gasteiger charge is 2.28. The van der Waals surface area contributed by atoms with Crippen LogP contribution in [0.4, 0.5) is 5.95 Å². The Morgan fingerprint density at radius 1 is 1.10 bits per heavy atom. The maximum absolute atomic E-state index is 12.9. The fourth-order valence-electron chi connectivity index (χ4n) is 4.47. The number of carbonyl (C=O) groups excluding carboxylic acids is 1. The summed E-state index contributed by atoms with van der Waals surface area (Å²) in [5.74, 6) is 1.84. The van der Waals surface area contributed by atoms with Crippen molar-refractivity contribution < 1.29 is 9.53 Å². The van der Waals surface area contributed by atoms with Crippen LogP contribution in [0.15, 0.2) is 42.7 Å². The first-order chi connectivity index (χ1) is 14.7. The predicted molar refractivity (Wildman–Crippen MR) is 117 cm³/mol. The van der Waals surface area contributed by atoms with Crippen LogP contribution >= 0.6 is 0 Å². The summed E-state index contributed by atoms with van der Waals surface area (Å²) in [6, 6.07) is 10.3. The molecular formula is C23H31N5O2. The van der Waals surface area contributed by atoms with Crippen LogP contribution in [0.1, 0.15) is 37.3 Å². The van der Waals surface area contributed by atoms with Crippen molar-refractivity contribution in [1.29, 1.82) is 0 Å². The van der Waals surface area contributed by atoms with E-state index in [1.807, 2.05) is 18.2 Å². The molecule has 2 aromatic rings. The van der Waals surface area contributed by atoms with Crippen molar-refractivity contribution in [2.75, 3.05) is 44.7 Å². The first kappa shape index (κ1) is 20.6. The fraction of sp³-hybridized carbons (Fsp3) is 0.522. The van der Waals surface area contributed by atoms with Gasteiger partial charge in [-0.05, 0) is 62.5 Å². The van der Waals surface area contributed by atoms with E-state index in [1.54, 1.807) is 19.5 Å². The Kier molecular flexibility index (Phi) is 6.79. The molecule has 2 saturated heterocycles. The number of nitrogens with one attached hydrogen (secondary N) is 1. The molecule has 1 N–H and O–H groups in total. The molecular weight excluding hydrogens is 378 g/mol. The number of methoxy groups -OCH3 is 1. The van der Waals surface area contributed by atoms with E-state index in [0.717, 1.165) is 50.7 Å². The van der Waals surface area contributed by atoms with E-state index in [-0.39, 0.29) is 17.9 Å². The van der Waals surface area contributed by atoms with Crippen LogP contribution in [-0.4, -0.2) is 60.6 Å².